The summed E-state index contributed by atoms with van der Waals surface area (Å²) < 4.78 is 12.4. The van der Waals surface area contributed by atoms with Gasteiger partial charge in [-0.25, -0.2) is 0 Å². The molecular formula is C8H15N3O6. The summed E-state index contributed by atoms with van der Waals surface area (Å²) in [6.45, 7) is -1.23. The van der Waals surface area contributed by atoms with Gasteiger partial charge in [-0.1, -0.05) is 5.11 Å². The van der Waals surface area contributed by atoms with Crippen LogP contribution in [0.5, 0.6) is 0 Å². The van der Waals surface area contributed by atoms with Gasteiger partial charge in [-0.2, -0.15) is 0 Å². The standard InChI is InChI=1S/C8H15N3O6/c9-11-10-2-1-8(16)7(15)6(14)5(13)4(3-12)17-8/h4-7,12-16H,1-3H2/t4-,5-,6+,7+,8?/m1/s1/i1D/t1?,4-,5-,6+,7+,8?. The highest BCUT2D eigenvalue weighted by Crippen LogP contribution is 2.30. The molecule has 0 spiro atoms. The molecule has 17 heavy (non-hydrogen) atoms. The Morgan fingerprint density at radius 1 is 1.41 bits per heavy atom. The molecule has 1 aliphatic rings. The van der Waals surface area contributed by atoms with Crippen LogP contribution in [0.1, 0.15) is 7.77 Å². The summed E-state index contributed by atoms with van der Waals surface area (Å²) in [6.07, 6.45) is -8.30. The molecule has 0 aliphatic carbocycles. The van der Waals surface area contributed by atoms with Gasteiger partial charge in [-0.15, -0.1) is 0 Å². The number of aliphatic hydroxyl groups excluding tert-OH is 4. The van der Waals surface area contributed by atoms with Gasteiger partial charge in [-0.05, 0) is 5.53 Å². The zero-order chi connectivity index (χ0) is 13.9. The Labute approximate surface area is 97.9 Å². The highest BCUT2D eigenvalue weighted by Gasteiger charge is 2.51. The van der Waals surface area contributed by atoms with Crippen molar-refractivity contribution in [1.29, 1.82) is 0 Å². The molecule has 1 rings (SSSR count). The Morgan fingerprint density at radius 3 is 2.59 bits per heavy atom. The van der Waals surface area contributed by atoms with Gasteiger partial charge in [0.25, 0.3) is 0 Å². The SMILES string of the molecule is [2H]C(CN=[N+]=[N-])C1(O)O[C@H](CO)[C@@H](O)[C@H](O)[C@@H]1O. The molecule has 1 saturated heterocycles. The molecule has 9 heteroatoms. The third-order valence-electron chi connectivity index (χ3n) is 2.53. The molecule has 0 aromatic rings. The predicted molar refractivity (Wildman–Crippen MR) is 53.6 cm³/mol. The van der Waals surface area contributed by atoms with Gasteiger partial charge >= 0.3 is 0 Å². The second-order valence-electron chi connectivity index (χ2n) is 3.63. The molecule has 9 nitrogen and oxygen atoms in total. The van der Waals surface area contributed by atoms with E-state index >= 15 is 0 Å². The first-order chi connectivity index (χ1) is 8.38. The third-order valence-corrected chi connectivity index (χ3v) is 2.53. The van der Waals surface area contributed by atoms with E-state index in [-0.39, 0.29) is 0 Å². The lowest BCUT2D eigenvalue weighted by atomic mass is 9.91. The lowest BCUT2D eigenvalue weighted by molar-refractivity contribution is -0.350. The van der Waals surface area contributed by atoms with Crippen molar-refractivity contribution in [2.75, 3.05) is 13.2 Å². The lowest BCUT2D eigenvalue weighted by Crippen LogP contribution is -2.65. The molecule has 1 fully saturated rings. The summed E-state index contributed by atoms with van der Waals surface area (Å²) in [7, 11) is 0. The van der Waals surface area contributed by atoms with Crippen LogP contribution >= 0.6 is 0 Å². The van der Waals surface area contributed by atoms with Crippen LogP contribution in [-0.4, -0.2) is 68.9 Å². The summed E-state index contributed by atoms with van der Waals surface area (Å²) >= 11 is 0. The zero-order valence-corrected chi connectivity index (χ0v) is 8.79. The molecule has 5 N–H and O–H groups in total. The van der Waals surface area contributed by atoms with Crippen LogP contribution in [0.25, 0.3) is 10.4 Å². The fourth-order valence-electron chi connectivity index (χ4n) is 1.56. The van der Waals surface area contributed by atoms with Crippen molar-refractivity contribution in [2.45, 2.75) is 36.6 Å². The lowest BCUT2D eigenvalue weighted by Gasteiger charge is -2.45. The first-order valence-electron chi connectivity index (χ1n) is 5.44. The quantitative estimate of drug-likeness (QED) is 0.217. The van der Waals surface area contributed by atoms with E-state index in [1.165, 1.54) is 0 Å². The molecule has 0 saturated carbocycles. The molecule has 2 unspecified atom stereocenters. The van der Waals surface area contributed by atoms with Gasteiger partial charge in [-0.3, -0.25) is 0 Å². The number of nitrogens with zero attached hydrogens (tertiary/aromatic N) is 3. The van der Waals surface area contributed by atoms with Gasteiger partial charge in [0.1, 0.15) is 24.4 Å². The largest absolute Gasteiger partial charge is 0.394 e. The monoisotopic (exact) mass is 250 g/mol. The van der Waals surface area contributed by atoms with E-state index in [4.69, 9.17) is 16.7 Å². The van der Waals surface area contributed by atoms with Gasteiger partial charge < -0.3 is 30.3 Å². The van der Waals surface area contributed by atoms with Gasteiger partial charge in [0.2, 0.25) is 0 Å². The number of aliphatic hydroxyl groups is 5. The number of ether oxygens (including phenoxy) is 1. The van der Waals surface area contributed by atoms with E-state index in [1.54, 1.807) is 0 Å². The molecule has 1 aliphatic heterocycles. The molecular weight excluding hydrogens is 234 g/mol. The maximum atomic E-state index is 10.00. The maximum absolute atomic E-state index is 10.00. The van der Waals surface area contributed by atoms with E-state index in [2.05, 4.69) is 10.0 Å². The number of azide groups is 1. The smallest absolute Gasteiger partial charge is 0.195 e. The molecule has 1 heterocycles. The third kappa shape index (κ3) is 2.85. The van der Waals surface area contributed by atoms with Gasteiger partial charge in [0.05, 0.1) is 6.61 Å². The van der Waals surface area contributed by atoms with Crippen molar-refractivity contribution in [2.24, 2.45) is 5.11 Å². The van der Waals surface area contributed by atoms with Crippen molar-refractivity contribution in [3.8, 4) is 0 Å². The molecule has 0 aromatic carbocycles. The van der Waals surface area contributed by atoms with Gasteiger partial charge in [0, 0.05) is 19.2 Å². The van der Waals surface area contributed by atoms with Crippen LogP contribution in [0, 0.1) is 0 Å². The Kier molecular flexibility index (Phi) is 4.13. The average Bonchev–Trinajstić information content (AvgIpc) is 2.37. The number of hydrogen-bond acceptors (Lipinski definition) is 7. The van der Waals surface area contributed by atoms with E-state index in [0.29, 0.717) is 0 Å². The van der Waals surface area contributed by atoms with Crippen molar-refractivity contribution in [1.82, 2.24) is 0 Å². The fourth-order valence-corrected chi connectivity index (χ4v) is 1.56. The second kappa shape index (κ2) is 5.61. The minimum Gasteiger partial charge on any atom is -0.394 e. The Balaban J connectivity index is 2.93. The second-order valence-corrected chi connectivity index (χ2v) is 3.63. The highest BCUT2D eigenvalue weighted by molar-refractivity contribution is 4.96. The molecule has 0 radical (unpaired) electrons. The Hall–Kier alpha value is -0.930. The van der Waals surface area contributed by atoms with E-state index in [9.17, 15) is 20.4 Å². The topological polar surface area (TPSA) is 159 Å². The number of rotatable bonds is 4. The van der Waals surface area contributed by atoms with E-state index in [1.807, 2.05) is 0 Å². The van der Waals surface area contributed by atoms with Crippen molar-refractivity contribution in [3.63, 3.8) is 0 Å². The molecule has 6 atom stereocenters. The zero-order valence-electron chi connectivity index (χ0n) is 9.79. The van der Waals surface area contributed by atoms with Crippen LogP contribution in [0.4, 0.5) is 0 Å². The van der Waals surface area contributed by atoms with Gasteiger partial charge in [0.15, 0.2) is 5.79 Å². The fraction of sp³-hybridized carbons (Fsp3) is 1.00. The molecule has 0 aromatic heterocycles. The van der Waals surface area contributed by atoms with Crippen LogP contribution in [0.3, 0.4) is 0 Å². The summed E-state index contributed by atoms with van der Waals surface area (Å²) in [5, 5.41) is 50.6. The minimum absolute atomic E-state index is 0.509. The minimum atomic E-state index is -2.54. The van der Waals surface area contributed by atoms with Crippen LogP contribution < -0.4 is 0 Å². The molecule has 0 amide bonds. The van der Waals surface area contributed by atoms with Crippen LogP contribution in [0.15, 0.2) is 5.11 Å². The molecule has 0 bridgehead atoms. The van der Waals surface area contributed by atoms with Crippen LogP contribution in [-0.2, 0) is 4.74 Å². The number of hydrogen-bond donors (Lipinski definition) is 5. The van der Waals surface area contributed by atoms with Crippen LogP contribution in [0.2, 0.25) is 0 Å². The van der Waals surface area contributed by atoms with Crippen molar-refractivity contribution in [3.05, 3.63) is 10.4 Å². The summed E-state index contributed by atoms with van der Waals surface area (Å²) in [5.74, 6) is -2.54. The summed E-state index contributed by atoms with van der Waals surface area (Å²) in [6, 6.07) is 0. The first kappa shape index (κ1) is 12.5. The Bertz CT molecular complexity index is 339. The summed E-state index contributed by atoms with van der Waals surface area (Å²) in [5.41, 5.74) is 8.12. The van der Waals surface area contributed by atoms with Crippen molar-refractivity contribution < 1.29 is 31.6 Å². The average molecular weight is 250 g/mol. The van der Waals surface area contributed by atoms with Crippen molar-refractivity contribution >= 4 is 0 Å². The maximum Gasteiger partial charge on any atom is 0.195 e. The highest BCUT2D eigenvalue weighted by atomic mass is 16.7. The Morgan fingerprint density at radius 2 is 2.06 bits per heavy atom. The van der Waals surface area contributed by atoms with E-state index in [0.717, 1.165) is 0 Å². The predicted octanol–water partition coefficient (Wildman–Crippen LogP) is -2.15. The first-order valence-corrected chi connectivity index (χ1v) is 4.86. The summed E-state index contributed by atoms with van der Waals surface area (Å²) in [4.78, 5) is 2.40. The van der Waals surface area contributed by atoms with E-state index < -0.39 is 49.8 Å². The normalized spacial score (nSPS) is 44.6. The molecule has 98 valence electrons.